The second-order valence-electron chi connectivity index (χ2n) is 5.64. The van der Waals surface area contributed by atoms with Crippen molar-refractivity contribution in [2.24, 2.45) is 0 Å². The van der Waals surface area contributed by atoms with Crippen molar-refractivity contribution in [1.29, 1.82) is 0 Å². The molecule has 0 aliphatic carbocycles. The van der Waals surface area contributed by atoms with Crippen LogP contribution in [0.15, 0.2) is 24.3 Å². The molecule has 1 fully saturated rings. The van der Waals surface area contributed by atoms with E-state index < -0.39 is 10.0 Å². The number of anilines is 1. The second kappa shape index (κ2) is 8.34. The van der Waals surface area contributed by atoms with Gasteiger partial charge < -0.3 is 14.8 Å². The minimum absolute atomic E-state index is 0.0195. The number of hydrogen-bond acceptors (Lipinski definition) is 5. The van der Waals surface area contributed by atoms with Crippen molar-refractivity contribution in [1.82, 2.24) is 5.32 Å². The van der Waals surface area contributed by atoms with Crippen LogP contribution in [0.4, 0.5) is 5.69 Å². The first kappa shape index (κ1) is 18.5. The number of carbonyl (C=O) groups excluding carboxylic acids is 1. The summed E-state index contributed by atoms with van der Waals surface area (Å²) in [6.45, 7) is 3.25. The molecule has 0 radical (unpaired) electrons. The van der Waals surface area contributed by atoms with Crippen molar-refractivity contribution >= 4 is 21.6 Å². The van der Waals surface area contributed by atoms with Crippen LogP contribution < -0.4 is 14.4 Å². The summed E-state index contributed by atoms with van der Waals surface area (Å²) in [5.74, 6) is 0.294. The number of nitrogens with zero attached hydrogens (tertiary/aromatic N) is 1. The lowest BCUT2D eigenvalue weighted by Gasteiger charge is -2.22. The van der Waals surface area contributed by atoms with E-state index in [1.165, 1.54) is 0 Å². The number of carbonyl (C=O) groups is 1. The zero-order valence-corrected chi connectivity index (χ0v) is 14.8. The van der Waals surface area contributed by atoms with Gasteiger partial charge in [-0.15, -0.1) is 0 Å². The van der Waals surface area contributed by atoms with E-state index in [9.17, 15) is 13.2 Å². The van der Waals surface area contributed by atoms with Crippen LogP contribution >= 0.6 is 0 Å². The highest BCUT2D eigenvalue weighted by Gasteiger charge is 2.22. The molecule has 1 heterocycles. The molecule has 8 heteroatoms. The smallest absolute Gasteiger partial charge is 0.240 e. The van der Waals surface area contributed by atoms with Crippen LogP contribution in [0.1, 0.15) is 19.8 Å². The van der Waals surface area contributed by atoms with E-state index in [0.717, 1.165) is 23.4 Å². The summed E-state index contributed by atoms with van der Waals surface area (Å²) in [4.78, 5) is 12.1. The number of ether oxygens (including phenoxy) is 2. The summed E-state index contributed by atoms with van der Waals surface area (Å²) < 4.78 is 35.9. The number of hydrogen-bond donors (Lipinski definition) is 1. The maximum absolute atomic E-state index is 12.1. The average molecular weight is 356 g/mol. The molecule has 1 N–H and O–H groups in total. The molecule has 1 atom stereocenters. The van der Waals surface area contributed by atoms with Gasteiger partial charge in [-0.3, -0.25) is 9.10 Å². The molecule has 134 valence electrons. The standard InChI is InChI=1S/C16H24N2O5S/c1-3-22-14-8-6-13(7-9-14)18(24(2,20)21)12-16(19)17-11-15-5-4-10-23-15/h6-9,15H,3-5,10-12H2,1-2H3,(H,17,19). The lowest BCUT2D eigenvalue weighted by Crippen LogP contribution is -2.42. The van der Waals surface area contributed by atoms with E-state index in [1.54, 1.807) is 24.3 Å². The van der Waals surface area contributed by atoms with E-state index in [4.69, 9.17) is 9.47 Å². The molecule has 2 rings (SSSR count). The van der Waals surface area contributed by atoms with Crippen LogP contribution in [0.5, 0.6) is 5.75 Å². The Hall–Kier alpha value is -1.80. The highest BCUT2D eigenvalue weighted by Crippen LogP contribution is 2.21. The van der Waals surface area contributed by atoms with Crippen molar-refractivity contribution in [3.63, 3.8) is 0 Å². The first-order valence-electron chi connectivity index (χ1n) is 7.99. The minimum atomic E-state index is -3.58. The molecule has 0 spiro atoms. The molecular formula is C16H24N2O5S. The molecule has 0 aromatic heterocycles. The molecular weight excluding hydrogens is 332 g/mol. The van der Waals surface area contributed by atoms with Crippen LogP contribution in [-0.2, 0) is 19.6 Å². The molecule has 0 bridgehead atoms. The molecule has 0 saturated carbocycles. The SMILES string of the molecule is CCOc1ccc(N(CC(=O)NCC2CCCO2)S(C)(=O)=O)cc1. The lowest BCUT2D eigenvalue weighted by molar-refractivity contribution is -0.120. The van der Waals surface area contributed by atoms with Gasteiger partial charge in [0.1, 0.15) is 12.3 Å². The summed E-state index contributed by atoms with van der Waals surface area (Å²) in [6, 6.07) is 6.61. The van der Waals surface area contributed by atoms with Gasteiger partial charge in [-0.05, 0) is 44.0 Å². The highest BCUT2D eigenvalue weighted by molar-refractivity contribution is 7.92. The fourth-order valence-electron chi connectivity index (χ4n) is 2.49. The quantitative estimate of drug-likeness (QED) is 0.755. The fourth-order valence-corrected chi connectivity index (χ4v) is 3.35. The van der Waals surface area contributed by atoms with Crippen LogP contribution in [0.25, 0.3) is 0 Å². The Bertz CT molecular complexity index is 639. The predicted octanol–water partition coefficient (Wildman–Crippen LogP) is 1.15. The van der Waals surface area contributed by atoms with Crippen molar-refractivity contribution in [2.75, 3.05) is 36.9 Å². The van der Waals surface area contributed by atoms with Gasteiger partial charge in [0.15, 0.2) is 0 Å². The third-order valence-electron chi connectivity index (χ3n) is 3.67. The summed E-state index contributed by atoms with van der Waals surface area (Å²) in [5.41, 5.74) is 0.424. The number of benzene rings is 1. The minimum Gasteiger partial charge on any atom is -0.494 e. The molecule has 1 amide bonds. The molecule has 1 aliphatic heterocycles. The average Bonchev–Trinajstić information content (AvgIpc) is 3.04. The Morgan fingerprint density at radius 2 is 2.08 bits per heavy atom. The molecule has 1 unspecified atom stereocenters. The van der Waals surface area contributed by atoms with Gasteiger partial charge in [0.2, 0.25) is 15.9 Å². The maximum atomic E-state index is 12.1. The molecule has 1 saturated heterocycles. The van der Waals surface area contributed by atoms with Gasteiger partial charge in [-0.2, -0.15) is 0 Å². The Labute approximate surface area is 143 Å². The third kappa shape index (κ3) is 5.38. The number of nitrogens with one attached hydrogen (secondary N) is 1. The predicted molar refractivity (Wildman–Crippen MR) is 91.8 cm³/mol. The molecule has 1 aromatic carbocycles. The van der Waals surface area contributed by atoms with E-state index in [0.29, 0.717) is 31.2 Å². The third-order valence-corrected chi connectivity index (χ3v) is 4.81. The van der Waals surface area contributed by atoms with Gasteiger partial charge >= 0.3 is 0 Å². The largest absolute Gasteiger partial charge is 0.494 e. The van der Waals surface area contributed by atoms with Crippen LogP contribution in [0.2, 0.25) is 0 Å². The van der Waals surface area contributed by atoms with Crippen molar-refractivity contribution in [3.05, 3.63) is 24.3 Å². The van der Waals surface area contributed by atoms with Gasteiger partial charge in [-0.1, -0.05) is 0 Å². The monoisotopic (exact) mass is 356 g/mol. The summed E-state index contributed by atoms with van der Waals surface area (Å²) >= 11 is 0. The van der Waals surface area contributed by atoms with Gasteiger partial charge in [-0.25, -0.2) is 8.42 Å². The number of sulfonamides is 1. The first-order valence-corrected chi connectivity index (χ1v) is 9.84. The zero-order chi connectivity index (χ0) is 17.6. The second-order valence-corrected chi connectivity index (χ2v) is 7.54. The Balaban J connectivity index is 2.01. The maximum Gasteiger partial charge on any atom is 0.240 e. The van der Waals surface area contributed by atoms with Crippen molar-refractivity contribution < 1.29 is 22.7 Å². The van der Waals surface area contributed by atoms with Crippen LogP contribution in [0.3, 0.4) is 0 Å². The van der Waals surface area contributed by atoms with Crippen LogP contribution in [0, 0.1) is 0 Å². The number of amides is 1. The molecule has 1 aromatic rings. The Kier molecular flexibility index (Phi) is 6.44. The van der Waals surface area contributed by atoms with Gasteiger partial charge in [0, 0.05) is 13.2 Å². The molecule has 7 nitrogen and oxygen atoms in total. The molecule has 1 aliphatic rings. The van der Waals surface area contributed by atoms with Crippen molar-refractivity contribution in [2.45, 2.75) is 25.9 Å². The Morgan fingerprint density at radius 3 is 2.62 bits per heavy atom. The lowest BCUT2D eigenvalue weighted by atomic mass is 10.2. The Morgan fingerprint density at radius 1 is 1.38 bits per heavy atom. The van der Waals surface area contributed by atoms with E-state index in [2.05, 4.69) is 5.32 Å². The van der Waals surface area contributed by atoms with Crippen molar-refractivity contribution in [3.8, 4) is 5.75 Å². The topological polar surface area (TPSA) is 84.9 Å². The normalized spacial score (nSPS) is 17.5. The van der Waals surface area contributed by atoms with Gasteiger partial charge in [0.25, 0.3) is 0 Å². The van der Waals surface area contributed by atoms with Gasteiger partial charge in [0.05, 0.1) is 24.7 Å². The number of rotatable bonds is 8. The summed E-state index contributed by atoms with van der Waals surface area (Å²) in [7, 11) is -3.58. The van der Waals surface area contributed by atoms with E-state index in [1.807, 2.05) is 6.92 Å². The summed E-state index contributed by atoms with van der Waals surface area (Å²) in [6.07, 6.45) is 3.00. The van der Waals surface area contributed by atoms with E-state index >= 15 is 0 Å². The highest BCUT2D eigenvalue weighted by atomic mass is 32.2. The molecule has 24 heavy (non-hydrogen) atoms. The summed E-state index contributed by atoms with van der Waals surface area (Å²) in [5, 5.41) is 2.73. The first-order chi connectivity index (χ1) is 11.4. The van der Waals surface area contributed by atoms with Crippen LogP contribution in [-0.4, -0.2) is 53.0 Å². The zero-order valence-electron chi connectivity index (χ0n) is 14.0. The fraction of sp³-hybridized carbons (Fsp3) is 0.562. The van der Waals surface area contributed by atoms with E-state index in [-0.39, 0.29) is 18.6 Å².